The van der Waals surface area contributed by atoms with Gasteiger partial charge in [-0.2, -0.15) is 0 Å². The maximum atomic E-state index is 11.5. The Morgan fingerprint density at radius 1 is 1.25 bits per heavy atom. The molecule has 0 aromatic carbocycles. The van der Waals surface area contributed by atoms with Crippen molar-refractivity contribution in [1.82, 2.24) is 0 Å². The van der Waals surface area contributed by atoms with E-state index in [0.717, 1.165) is 25.7 Å². The molecule has 0 heterocycles. The van der Waals surface area contributed by atoms with Crippen molar-refractivity contribution >= 4 is 9.84 Å². The topological polar surface area (TPSA) is 54.4 Å². The normalized spacial score (nSPS) is 20.1. The molecule has 0 saturated heterocycles. The number of hydrogen-bond donors (Lipinski definition) is 1. The predicted octanol–water partition coefficient (Wildman–Crippen LogP) is 0.726. The van der Waals surface area contributed by atoms with Gasteiger partial charge in [-0.15, -0.1) is 0 Å². The van der Waals surface area contributed by atoms with E-state index >= 15 is 0 Å². The molecule has 12 heavy (non-hydrogen) atoms. The first-order chi connectivity index (χ1) is 5.67. The van der Waals surface area contributed by atoms with Crippen molar-refractivity contribution in [3.05, 3.63) is 0 Å². The molecule has 1 rings (SSSR count). The predicted molar refractivity (Wildman–Crippen MR) is 47.7 cm³/mol. The quantitative estimate of drug-likeness (QED) is 0.714. The van der Waals surface area contributed by atoms with Crippen LogP contribution in [0.1, 0.15) is 32.1 Å². The van der Waals surface area contributed by atoms with Crippen LogP contribution < -0.4 is 0 Å². The summed E-state index contributed by atoms with van der Waals surface area (Å²) in [4.78, 5) is 0. The van der Waals surface area contributed by atoms with E-state index in [4.69, 9.17) is 5.11 Å². The average molecular weight is 192 g/mol. The van der Waals surface area contributed by atoms with Gasteiger partial charge in [0.05, 0.1) is 11.0 Å². The summed E-state index contributed by atoms with van der Waals surface area (Å²) in [7, 11) is -2.88. The molecule has 0 aliphatic heterocycles. The molecule has 0 unspecified atom stereocenters. The number of aliphatic hydroxyl groups is 1. The molecule has 1 fully saturated rings. The summed E-state index contributed by atoms with van der Waals surface area (Å²) in [5.41, 5.74) is 0. The number of rotatable bonds is 4. The molecule has 0 radical (unpaired) electrons. The third-order valence-electron chi connectivity index (χ3n) is 2.40. The van der Waals surface area contributed by atoms with E-state index in [2.05, 4.69) is 0 Å². The molecule has 0 amide bonds. The van der Waals surface area contributed by atoms with Gasteiger partial charge in [-0.05, 0) is 19.3 Å². The minimum atomic E-state index is -2.88. The van der Waals surface area contributed by atoms with Crippen molar-refractivity contribution in [2.75, 3.05) is 12.4 Å². The lowest BCUT2D eigenvalue weighted by atomic mass is 10.4. The van der Waals surface area contributed by atoms with Crippen LogP contribution in [0.2, 0.25) is 0 Å². The summed E-state index contributed by atoms with van der Waals surface area (Å²) in [5, 5.41) is 8.40. The summed E-state index contributed by atoms with van der Waals surface area (Å²) >= 11 is 0. The smallest absolute Gasteiger partial charge is 0.153 e. The zero-order chi connectivity index (χ0) is 9.03. The number of aliphatic hydroxyl groups excluding tert-OH is 1. The molecule has 3 nitrogen and oxygen atoms in total. The van der Waals surface area contributed by atoms with Gasteiger partial charge in [-0.3, -0.25) is 0 Å². The van der Waals surface area contributed by atoms with Crippen molar-refractivity contribution in [2.45, 2.75) is 37.4 Å². The van der Waals surface area contributed by atoms with Gasteiger partial charge in [0.15, 0.2) is 9.84 Å². The lowest BCUT2D eigenvalue weighted by Gasteiger charge is -2.09. The van der Waals surface area contributed by atoms with Gasteiger partial charge in [0, 0.05) is 6.61 Å². The van der Waals surface area contributed by atoms with Crippen molar-refractivity contribution in [3.8, 4) is 0 Å². The molecular formula is C8H16O3S. The van der Waals surface area contributed by atoms with Crippen molar-refractivity contribution in [1.29, 1.82) is 0 Å². The molecule has 0 aromatic rings. The molecule has 0 atom stereocenters. The van der Waals surface area contributed by atoms with Crippen LogP contribution in [0.15, 0.2) is 0 Å². The largest absolute Gasteiger partial charge is 0.396 e. The third-order valence-corrected chi connectivity index (χ3v) is 4.74. The van der Waals surface area contributed by atoms with Crippen LogP contribution in [0.4, 0.5) is 0 Å². The fourth-order valence-electron chi connectivity index (χ4n) is 1.68. The van der Waals surface area contributed by atoms with Crippen molar-refractivity contribution in [2.24, 2.45) is 0 Å². The first-order valence-corrected chi connectivity index (χ1v) is 6.21. The van der Waals surface area contributed by atoms with Gasteiger partial charge < -0.3 is 5.11 Å². The summed E-state index contributed by atoms with van der Waals surface area (Å²) in [6.45, 7) is -0.0219. The van der Waals surface area contributed by atoms with E-state index in [1.165, 1.54) is 0 Å². The average Bonchev–Trinajstić information content (AvgIpc) is 2.53. The summed E-state index contributed by atoms with van der Waals surface area (Å²) < 4.78 is 23.0. The van der Waals surface area contributed by atoms with Crippen molar-refractivity contribution in [3.63, 3.8) is 0 Å². The Bertz CT molecular complexity index is 214. The molecule has 1 N–H and O–H groups in total. The van der Waals surface area contributed by atoms with Crippen LogP contribution in [-0.2, 0) is 9.84 Å². The monoisotopic (exact) mass is 192 g/mol. The van der Waals surface area contributed by atoms with Crippen LogP contribution in [-0.4, -0.2) is 31.1 Å². The molecule has 1 saturated carbocycles. The number of hydrogen-bond acceptors (Lipinski definition) is 3. The summed E-state index contributed by atoms with van der Waals surface area (Å²) in [6, 6.07) is 0. The van der Waals surface area contributed by atoms with Gasteiger partial charge in [0.25, 0.3) is 0 Å². The molecule has 0 bridgehead atoms. The van der Waals surface area contributed by atoms with Gasteiger partial charge >= 0.3 is 0 Å². The highest BCUT2D eigenvalue weighted by Crippen LogP contribution is 2.25. The van der Waals surface area contributed by atoms with E-state index in [9.17, 15) is 8.42 Å². The van der Waals surface area contributed by atoms with E-state index in [1.807, 2.05) is 0 Å². The van der Waals surface area contributed by atoms with Crippen LogP contribution in [0.25, 0.3) is 0 Å². The first-order valence-electron chi connectivity index (χ1n) is 4.49. The lowest BCUT2D eigenvalue weighted by molar-refractivity contribution is 0.295. The highest BCUT2D eigenvalue weighted by molar-refractivity contribution is 7.92. The Morgan fingerprint density at radius 2 is 1.83 bits per heavy atom. The highest BCUT2D eigenvalue weighted by Gasteiger charge is 2.27. The Kier molecular flexibility index (Phi) is 3.53. The Hall–Kier alpha value is -0.0900. The van der Waals surface area contributed by atoms with Gasteiger partial charge in [0.2, 0.25) is 0 Å². The van der Waals surface area contributed by atoms with E-state index in [-0.39, 0.29) is 17.6 Å². The Balaban J connectivity index is 2.46. The van der Waals surface area contributed by atoms with Crippen LogP contribution >= 0.6 is 0 Å². The van der Waals surface area contributed by atoms with Crippen LogP contribution in [0.5, 0.6) is 0 Å². The van der Waals surface area contributed by atoms with Gasteiger partial charge in [-0.25, -0.2) is 8.42 Å². The Morgan fingerprint density at radius 3 is 2.33 bits per heavy atom. The first kappa shape index (κ1) is 9.99. The second-order valence-electron chi connectivity index (χ2n) is 3.35. The molecule has 0 aromatic heterocycles. The minimum Gasteiger partial charge on any atom is -0.396 e. The van der Waals surface area contributed by atoms with E-state index < -0.39 is 9.84 Å². The standard InChI is InChI=1S/C8H16O3S/c9-6-3-7-12(10,11)8-4-1-2-5-8/h8-9H,1-7H2. The maximum absolute atomic E-state index is 11.5. The maximum Gasteiger partial charge on any atom is 0.153 e. The molecule has 0 spiro atoms. The van der Waals surface area contributed by atoms with Crippen LogP contribution in [0, 0.1) is 0 Å². The summed E-state index contributed by atoms with van der Waals surface area (Å²) in [6.07, 6.45) is 4.13. The number of sulfone groups is 1. The SMILES string of the molecule is O=S(=O)(CCCO)C1CCCC1. The minimum absolute atomic E-state index is 0.0219. The van der Waals surface area contributed by atoms with E-state index in [1.54, 1.807) is 0 Å². The second-order valence-corrected chi connectivity index (χ2v) is 5.75. The second kappa shape index (κ2) is 4.23. The highest BCUT2D eigenvalue weighted by atomic mass is 32.2. The zero-order valence-electron chi connectivity index (χ0n) is 7.20. The fraction of sp³-hybridized carbons (Fsp3) is 1.00. The lowest BCUT2D eigenvalue weighted by Crippen LogP contribution is -2.21. The fourth-order valence-corrected chi connectivity index (χ4v) is 3.60. The van der Waals surface area contributed by atoms with Crippen molar-refractivity contribution < 1.29 is 13.5 Å². The Labute approximate surface area is 73.7 Å². The molecular weight excluding hydrogens is 176 g/mol. The zero-order valence-corrected chi connectivity index (χ0v) is 8.02. The van der Waals surface area contributed by atoms with E-state index in [0.29, 0.717) is 6.42 Å². The summed E-state index contributed by atoms with van der Waals surface area (Å²) in [5.74, 6) is 0.161. The molecule has 1 aliphatic carbocycles. The van der Waals surface area contributed by atoms with Crippen LogP contribution in [0.3, 0.4) is 0 Å². The molecule has 72 valence electrons. The third kappa shape index (κ3) is 2.45. The van der Waals surface area contributed by atoms with Gasteiger partial charge in [0.1, 0.15) is 0 Å². The molecule has 4 heteroatoms. The van der Waals surface area contributed by atoms with Gasteiger partial charge in [-0.1, -0.05) is 12.8 Å². The molecule has 1 aliphatic rings.